The highest BCUT2D eigenvalue weighted by Crippen LogP contribution is 2.40. The summed E-state index contributed by atoms with van der Waals surface area (Å²) in [7, 11) is 4.69. The third-order valence-electron chi connectivity index (χ3n) is 4.00. The zero-order valence-corrected chi connectivity index (χ0v) is 17.2. The molecule has 2 aromatic carbocycles. The average Bonchev–Trinajstić information content (AvgIpc) is 2.65. The summed E-state index contributed by atoms with van der Waals surface area (Å²) in [6.07, 6.45) is 0. The van der Waals surface area contributed by atoms with Gasteiger partial charge in [0.15, 0.2) is 17.5 Å². The highest BCUT2D eigenvalue weighted by Gasteiger charge is 2.16. The van der Waals surface area contributed by atoms with Gasteiger partial charge in [-0.25, -0.2) is 4.99 Å². The molecule has 8 heteroatoms. The number of rotatable bonds is 7. The quantitative estimate of drug-likeness (QED) is 0.527. The van der Waals surface area contributed by atoms with Crippen molar-refractivity contribution in [3.8, 4) is 17.2 Å². The number of guanidine groups is 1. The smallest absolute Gasteiger partial charge is 0.203 e. The number of benzene rings is 2. The molecule has 0 fully saturated rings. The average molecular weight is 412 g/mol. The van der Waals surface area contributed by atoms with Crippen molar-refractivity contribution in [3.05, 3.63) is 51.5 Å². The first-order chi connectivity index (χ1) is 12.9. The van der Waals surface area contributed by atoms with Crippen molar-refractivity contribution in [1.82, 2.24) is 5.32 Å². The number of nitrogens with one attached hydrogen (secondary N) is 1. The summed E-state index contributed by atoms with van der Waals surface area (Å²) >= 11 is 12.2. The number of halogens is 2. The van der Waals surface area contributed by atoms with Gasteiger partial charge in [-0.1, -0.05) is 29.3 Å². The molecule has 2 rings (SSSR count). The van der Waals surface area contributed by atoms with Crippen molar-refractivity contribution in [2.24, 2.45) is 10.7 Å². The lowest BCUT2D eigenvalue weighted by Crippen LogP contribution is -2.34. The Balaban J connectivity index is 2.15. The van der Waals surface area contributed by atoms with Crippen molar-refractivity contribution in [2.45, 2.75) is 19.5 Å². The lowest BCUT2D eigenvalue weighted by Gasteiger charge is -2.17. The molecule has 6 nitrogen and oxygen atoms in total. The molecule has 0 heterocycles. The summed E-state index contributed by atoms with van der Waals surface area (Å²) in [4.78, 5) is 4.38. The van der Waals surface area contributed by atoms with Gasteiger partial charge in [0.1, 0.15) is 0 Å². The fraction of sp³-hybridized carbons (Fsp3) is 0.316. The van der Waals surface area contributed by atoms with Gasteiger partial charge in [-0.15, -0.1) is 0 Å². The molecule has 0 aromatic heterocycles. The lowest BCUT2D eigenvalue weighted by atomic mass is 10.1. The van der Waals surface area contributed by atoms with Crippen LogP contribution in [0.15, 0.2) is 35.3 Å². The zero-order valence-electron chi connectivity index (χ0n) is 15.7. The molecule has 27 heavy (non-hydrogen) atoms. The van der Waals surface area contributed by atoms with Gasteiger partial charge in [-0.05, 0) is 36.8 Å². The van der Waals surface area contributed by atoms with E-state index >= 15 is 0 Å². The van der Waals surface area contributed by atoms with Crippen LogP contribution in [0.2, 0.25) is 10.0 Å². The van der Waals surface area contributed by atoms with Crippen molar-refractivity contribution >= 4 is 29.2 Å². The van der Waals surface area contributed by atoms with Gasteiger partial charge in [0.2, 0.25) is 5.75 Å². The molecule has 0 radical (unpaired) electrons. The number of hydrogen-bond acceptors (Lipinski definition) is 4. The van der Waals surface area contributed by atoms with Crippen molar-refractivity contribution in [3.63, 3.8) is 0 Å². The SMILES string of the molecule is COc1ccc(CN=C(N)NC(C)c2ccc(Cl)cc2Cl)c(OC)c1OC. The van der Waals surface area contributed by atoms with Crippen LogP contribution >= 0.6 is 23.2 Å². The topological polar surface area (TPSA) is 78.1 Å². The predicted octanol–water partition coefficient (Wildman–Crippen LogP) is 4.18. The molecule has 1 atom stereocenters. The third kappa shape index (κ3) is 5.11. The molecule has 0 aliphatic rings. The molecular weight excluding hydrogens is 389 g/mol. The maximum absolute atomic E-state index is 6.23. The Hall–Kier alpha value is -2.31. The number of nitrogens with zero attached hydrogens (tertiary/aromatic N) is 1. The van der Waals surface area contributed by atoms with Gasteiger partial charge in [-0.2, -0.15) is 0 Å². The first-order valence-corrected chi connectivity index (χ1v) is 8.96. The molecule has 0 amide bonds. The highest BCUT2D eigenvalue weighted by molar-refractivity contribution is 6.35. The molecule has 0 bridgehead atoms. The minimum absolute atomic E-state index is 0.134. The molecule has 0 spiro atoms. The molecule has 0 saturated carbocycles. The first kappa shape index (κ1) is 21.0. The number of ether oxygens (including phenoxy) is 3. The second kappa shape index (κ2) is 9.58. The molecule has 0 saturated heterocycles. The van der Waals surface area contributed by atoms with Crippen molar-refractivity contribution in [1.29, 1.82) is 0 Å². The largest absolute Gasteiger partial charge is 0.493 e. The molecule has 2 aromatic rings. The summed E-state index contributed by atoms with van der Waals surface area (Å²) in [6, 6.07) is 8.85. The Labute approximate surface area is 169 Å². The Morgan fingerprint density at radius 3 is 2.37 bits per heavy atom. The van der Waals surface area contributed by atoms with E-state index in [1.54, 1.807) is 39.5 Å². The first-order valence-electron chi connectivity index (χ1n) is 8.20. The maximum atomic E-state index is 6.23. The van der Waals surface area contributed by atoms with Crippen LogP contribution in [0, 0.1) is 0 Å². The summed E-state index contributed by atoms with van der Waals surface area (Å²) < 4.78 is 16.1. The van der Waals surface area contributed by atoms with Crippen LogP contribution in [0.25, 0.3) is 0 Å². The van der Waals surface area contributed by atoms with E-state index in [1.165, 1.54) is 0 Å². The van der Waals surface area contributed by atoms with E-state index in [0.29, 0.717) is 33.8 Å². The van der Waals surface area contributed by atoms with Crippen molar-refractivity contribution in [2.75, 3.05) is 21.3 Å². The Kier molecular flexibility index (Phi) is 7.45. The summed E-state index contributed by atoms with van der Waals surface area (Å²) in [5, 5.41) is 4.27. The second-order valence-electron chi connectivity index (χ2n) is 5.73. The van der Waals surface area contributed by atoms with E-state index in [-0.39, 0.29) is 12.0 Å². The van der Waals surface area contributed by atoms with Gasteiger partial charge >= 0.3 is 0 Å². The van der Waals surface area contributed by atoms with E-state index < -0.39 is 0 Å². The monoisotopic (exact) mass is 411 g/mol. The van der Waals surface area contributed by atoms with Gasteiger partial charge in [0.25, 0.3) is 0 Å². The summed E-state index contributed by atoms with van der Waals surface area (Å²) in [6.45, 7) is 2.25. The van der Waals surface area contributed by atoms with Crippen LogP contribution in [-0.2, 0) is 6.54 Å². The van der Waals surface area contributed by atoms with E-state index in [1.807, 2.05) is 19.1 Å². The fourth-order valence-electron chi connectivity index (χ4n) is 2.66. The zero-order chi connectivity index (χ0) is 20.0. The Morgan fingerprint density at radius 1 is 1.07 bits per heavy atom. The Morgan fingerprint density at radius 2 is 1.78 bits per heavy atom. The maximum Gasteiger partial charge on any atom is 0.203 e. The van der Waals surface area contributed by atoms with Crippen LogP contribution < -0.4 is 25.3 Å². The summed E-state index contributed by atoms with van der Waals surface area (Å²) in [5.74, 6) is 1.94. The fourth-order valence-corrected chi connectivity index (χ4v) is 3.23. The minimum atomic E-state index is -0.134. The molecule has 0 aliphatic carbocycles. The van der Waals surface area contributed by atoms with E-state index in [9.17, 15) is 0 Å². The standard InChI is InChI=1S/C19H23Cl2N3O3/c1-11(14-7-6-13(20)9-15(14)21)24-19(22)23-10-12-5-8-16(25-2)18(27-4)17(12)26-3/h5-9,11H,10H2,1-4H3,(H3,22,23,24). The van der Waals surface area contributed by atoms with Gasteiger partial charge in [-0.3, -0.25) is 0 Å². The van der Waals surface area contributed by atoms with Crippen LogP contribution in [0.1, 0.15) is 24.1 Å². The number of aliphatic imine (C=N–C) groups is 1. The van der Waals surface area contributed by atoms with Gasteiger partial charge < -0.3 is 25.3 Å². The van der Waals surface area contributed by atoms with Crippen LogP contribution in [0.3, 0.4) is 0 Å². The van der Waals surface area contributed by atoms with Crippen molar-refractivity contribution < 1.29 is 14.2 Å². The molecular formula is C19H23Cl2N3O3. The highest BCUT2D eigenvalue weighted by atomic mass is 35.5. The van der Waals surface area contributed by atoms with E-state index in [4.69, 9.17) is 43.1 Å². The summed E-state index contributed by atoms with van der Waals surface area (Å²) in [5.41, 5.74) is 7.73. The van der Waals surface area contributed by atoms with Gasteiger partial charge in [0.05, 0.1) is 33.9 Å². The lowest BCUT2D eigenvalue weighted by molar-refractivity contribution is 0.322. The molecule has 3 N–H and O–H groups in total. The van der Waals surface area contributed by atoms with Gasteiger partial charge in [0, 0.05) is 15.6 Å². The normalized spacial score (nSPS) is 12.4. The minimum Gasteiger partial charge on any atom is -0.493 e. The Bertz CT molecular complexity index is 828. The number of nitrogens with two attached hydrogens (primary N) is 1. The third-order valence-corrected chi connectivity index (χ3v) is 4.56. The number of methoxy groups -OCH3 is 3. The molecule has 0 aliphatic heterocycles. The molecule has 146 valence electrons. The van der Waals surface area contributed by atoms with Crippen LogP contribution in [-0.4, -0.2) is 27.3 Å². The molecule has 1 unspecified atom stereocenters. The predicted molar refractivity (Wildman–Crippen MR) is 109 cm³/mol. The second-order valence-corrected chi connectivity index (χ2v) is 6.57. The number of hydrogen-bond donors (Lipinski definition) is 2. The van der Waals surface area contributed by atoms with E-state index in [0.717, 1.165) is 11.1 Å². The van der Waals surface area contributed by atoms with Crippen LogP contribution in [0.5, 0.6) is 17.2 Å². The van der Waals surface area contributed by atoms with Crippen LogP contribution in [0.4, 0.5) is 0 Å². The van der Waals surface area contributed by atoms with E-state index in [2.05, 4.69) is 10.3 Å².